The van der Waals surface area contributed by atoms with Crippen LogP contribution in [0.15, 0.2) is 29.4 Å². The minimum absolute atomic E-state index is 0.277. The van der Waals surface area contributed by atoms with Crippen LogP contribution in [0, 0.1) is 11.8 Å². The van der Waals surface area contributed by atoms with E-state index in [2.05, 4.69) is 23.9 Å². The molecule has 3 nitrogen and oxygen atoms in total. The Morgan fingerprint density at radius 2 is 1.83 bits per heavy atom. The van der Waals surface area contributed by atoms with Gasteiger partial charge in [-0.25, -0.2) is 0 Å². The Labute approximate surface area is 114 Å². The lowest BCUT2D eigenvalue weighted by molar-refractivity contribution is 0.324. The maximum atomic E-state index is 10.9. The summed E-state index contributed by atoms with van der Waals surface area (Å²) in [7, 11) is 0. The van der Waals surface area contributed by atoms with Crippen LogP contribution in [0.2, 0.25) is 0 Å². The first-order chi connectivity index (χ1) is 8.71. The molecule has 0 aliphatic rings. The standard InChI is InChI=1S/C14H22N2OS/c1-4-16(5-2)10-11-18-14(15-17)13-8-6-12(3)7-9-13/h6-9,14H,4-5,10-11H2,1-3H3. The van der Waals surface area contributed by atoms with Crippen molar-refractivity contribution < 1.29 is 0 Å². The highest BCUT2D eigenvalue weighted by atomic mass is 32.2. The highest BCUT2D eigenvalue weighted by Crippen LogP contribution is 2.29. The predicted molar refractivity (Wildman–Crippen MR) is 80.0 cm³/mol. The molecule has 0 radical (unpaired) electrons. The van der Waals surface area contributed by atoms with Gasteiger partial charge in [-0.3, -0.25) is 0 Å². The van der Waals surface area contributed by atoms with Crippen molar-refractivity contribution in [3.8, 4) is 0 Å². The van der Waals surface area contributed by atoms with Crippen LogP contribution < -0.4 is 0 Å². The van der Waals surface area contributed by atoms with Gasteiger partial charge in [-0.2, -0.15) is 0 Å². The first kappa shape index (κ1) is 15.2. The molecule has 0 spiro atoms. The third-order valence-electron chi connectivity index (χ3n) is 3.04. The van der Waals surface area contributed by atoms with E-state index in [1.165, 1.54) is 5.56 Å². The van der Waals surface area contributed by atoms with Crippen LogP contribution in [-0.4, -0.2) is 30.3 Å². The van der Waals surface area contributed by atoms with E-state index in [1.54, 1.807) is 11.8 Å². The molecule has 100 valence electrons. The van der Waals surface area contributed by atoms with Crippen LogP contribution in [0.1, 0.15) is 30.3 Å². The summed E-state index contributed by atoms with van der Waals surface area (Å²) in [6.07, 6.45) is 0. The van der Waals surface area contributed by atoms with Gasteiger partial charge < -0.3 is 4.90 Å². The first-order valence-electron chi connectivity index (χ1n) is 6.44. The number of aryl methyl sites for hydroxylation is 1. The molecule has 0 amide bonds. The highest BCUT2D eigenvalue weighted by molar-refractivity contribution is 7.99. The number of thioether (sulfide) groups is 1. The summed E-state index contributed by atoms with van der Waals surface area (Å²) in [5.41, 5.74) is 2.21. The fraction of sp³-hybridized carbons (Fsp3) is 0.571. The lowest BCUT2D eigenvalue weighted by Gasteiger charge is -2.18. The van der Waals surface area contributed by atoms with Gasteiger partial charge >= 0.3 is 0 Å². The smallest absolute Gasteiger partial charge is 0.162 e. The van der Waals surface area contributed by atoms with Crippen molar-refractivity contribution in [3.05, 3.63) is 40.3 Å². The Hall–Kier alpha value is -0.870. The molecule has 0 heterocycles. The summed E-state index contributed by atoms with van der Waals surface area (Å²) in [6.45, 7) is 9.48. The minimum atomic E-state index is -0.277. The third-order valence-corrected chi connectivity index (χ3v) is 4.13. The Kier molecular flexibility index (Phi) is 6.98. The zero-order valence-electron chi connectivity index (χ0n) is 11.4. The second-order valence-electron chi connectivity index (χ2n) is 4.27. The molecule has 0 aromatic heterocycles. The van der Waals surface area contributed by atoms with Gasteiger partial charge in [0.05, 0.1) is 0 Å². The third kappa shape index (κ3) is 4.78. The average molecular weight is 266 g/mol. The van der Waals surface area contributed by atoms with Crippen molar-refractivity contribution in [2.45, 2.75) is 26.1 Å². The van der Waals surface area contributed by atoms with Gasteiger partial charge in [-0.05, 0) is 25.6 Å². The summed E-state index contributed by atoms with van der Waals surface area (Å²) in [5.74, 6) is 0.936. The van der Waals surface area contributed by atoms with Crippen molar-refractivity contribution in [2.24, 2.45) is 5.18 Å². The normalized spacial score (nSPS) is 12.7. The van der Waals surface area contributed by atoms with E-state index in [9.17, 15) is 4.91 Å². The Balaban J connectivity index is 2.47. The SMILES string of the molecule is CCN(CC)CCSC(N=O)c1ccc(C)cc1. The number of nitrogens with zero attached hydrogens (tertiary/aromatic N) is 2. The fourth-order valence-electron chi connectivity index (χ4n) is 1.75. The number of nitroso groups, excluding NO2 is 1. The second-order valence-corrected chi connectivity index (χ2v) is 5.45. The van der Waals surface area contributed by atoms with Crippen LogP contribution >= 0.6 is 11.8 Å². The van der Waals surface area contributed by atoms with Crippen molar-refractivity contribution >= 4 is 11.8 Å². The molecule has 0 aliphatic carbocycles. The molecule has 0 aliphatic heterocycles. The lowest BCUT2D eigenvalue weighted by atomic mass is 10.1. The van der Waals surface area contributed by atoms with Crippen molar-refractivity contribution in [3.63, 3.8) is 0 Å². The number of hydrogen-bond donors (Lipinski definition) is 0. The minimum Gasteiger partial charge on any atom is -0.303 e. The number of rotatable bonds is 8. The molecule has 0 saturated carbocycles. The molecule has 0 N–H and O–H groups in total. The van der Waals surface area contributed by atoms with E-state index < -0.39 is 0 Å². The molecule has 1 aromatic rings. The Bertz CT molecular complexity index is 349. The molecule has 0 bridgehead atoms. The van der Waals surface area contributed by atoms with Gasteiger partial charge in [-0.15, -0.1) is 16.7 Å². The van der Waals surface area contributed by atoms with Gasteiger partial charge in [0.25, 0.3) is 0 Å². The molecule has 4 heteroatoms. The van der Waals surface area contributed by atoms with Crippen LogP contribution in [0.4, 0.5) is 0 Å². The molecule has 0 fully saturated rings. The van der Waals surface area contributed by atoms with Gasteiger partial charge in [0.2, 0.25) is 0 Å². The summed E-state index contributed by atoms with van der Waals surface area (Å²) >= 11 is 1.62. The zero-order chi connectivity index (χ0) is 13.4. The average Bonchev–Trinajstić information content (AvgIpc) is 2.41. The number of benzene rings is 1. The van der Waals surface area contributed by atoms with Crippen molar-refractivity contribution in [1.82, 2.24) is 4.90 Å². The van der Waals surface area contributed by atoms with E-state index in [0.29, 0.717) is 0 Å². The molecule has 1 atom stereocenters. The summed E-state index contributed by atoms with van der Waals surface area (Å²) in [5, 5.41) is 2.95. The lowest BCUT2D eigenvalue weighted by Crippen LogP contribution is -2.25. The first-order valence-corrected chi connectivity index (χ1v) is 7.49. The maximum absolute atomic E-state index is 10.9. The van der Waals surface area contributed by atoms with Crippen LogP contribution in [0.3, 0.4) is 0 Å². The topological polar surface area (TPSA) is 32.7 Å². The predicted octanol–water partition coefficient (Wildman–Crippen LogP) is 3.84. The summed E-state index contributed by atoms with van der Waals surface area (Å²) in [4.78, 5) is 13.3. The van der Waals surface area contributed by atoms with Gasteiger partial charge in [0.1, 0.15) is 0 Å². The largest absolute Gasteiger partial charge is 0.303 e. The fourth-order valence-corrected chi connectivity index (χ4v) is 2.75. The molecule has 0 saturated heterocycles. The molecule has 1 rings (SSSR count). The van der Waals surface area contributed by atoms with Gasteiger partial charge in [0, 0.05) is 12.3 Å². The van der Waals surface area contributed by atoms with Gasteiger partial charge in [-0.1, -0.05) is 48.9 Å². The molecular formula is C14H22N2OS. The second kappa shape index (κ2) is 8.27. The van der Waals surface area contributed by atoms with E-state index in [-0.39, 0.29) is 5.37 Å². The van der Waals surface area contributed by atoms with E-state index in [1.807, 2.05) is 31.2 Å². The summed E-state index contributed by atoms with van der Waals surface area (Å²) in [6, 6.07) is 8.04. The van der Waals surface area contributed by atoms with Gasteiger partial charge in [0.15, 0.2) is 5.37 Å². The van der Waals surface area contributed by atoms with Crippen molar-refractivity contribution in [1.29, 1.82) is 0 Å². The monoisotopic (exact) mass is 266 g/mol. The van der Waals surface area contributed by atoms with Crippen LogP contribution in [0.5, 0.6) is 0 Å². The quantitative estimate of drug-likeness (QED) is 0.670. The molecule has 18 heavy (non-hydrogen) atoms. The van der Waals surface area contributed by atoms with E-state index in [0.717, 1.165) is 31.0 Å². The highest BCUT2D eigenvalue weighted by Gasteiger charge is 2.12. The molecular weight excluding hydrogens is 244 g/mol. The Morgan fingerprint density at radius 1 is 1.22 bits per heavy atom. The van der Waals surface area contributed by atoms with Crippen LogP contribution in [0.25, 0.3) is 0 Å². The van der Waals surface area contributed by atoms with Crippen molar-refractivity contribution in [2.75, 3.05) is 25.4 Å². The maximum Gasteiger partial charge on any atom is 0.162 e. The zero-order valence-corrected chi connectivity index (χ0v) is 12.2. The molecule has 1 unspecified atom stereocenters. The number of hydrogen-bond acceptors (Lipinski definition) is 4. The molecule has 1 aromatic carbocycles. The van der Waals surface area contributed by atoms with E-state index in [4.69, 9.17) is 0 Å². The van der Waals surface area contributed by atoms with E-state index >= 15 is 0 Å². The summed E-state index contributed by atoms with van der Waals surface area (Å²) < 4.78 is 0. The van der Waals surface area contributed by atoms with Crippen LogP contribution in [-0.2, 0) is 0 Å². The Morgan fingerprint density at radius 3 is 2.33 bits per heavy atom.